The van der Waals surface area contributed by atoms with Gasteiger partial charge in [-0.3, -0.25) is 0 Å². The summed E-state index contributed by atoms with van der Waals surface area (Å²) in [7, 11) is 0. The van der Waals surface area contributed by atoms with Crippen LogP contribution in [0.25, 0.3) is 0 Å². The van der Waals surface area contributed by atoms with Crippen molar-refractivity contribution in [2.75, 3.05) is 0 Å². The van der Waals surface area contributed by atoms with Gasteiger partial charge in [0.15, 0.2) is 0 Å². The molecule has 0 saturated carbocycles. The Bertz CT molecular complexity index is 608. The summed E-state index contributed by atoms with van der Waals surface area (Å²) in [6, 6.07) is 10.1. The van der Waals surface area contributed by atoms with Gasteiger partial charge < -0.3 is 4.74 Å². The van der Waals surface area contributed by atoms with E-state index in [1.165, 1.54) is 24.3 Å². The second kappa shape index (κ2) is 6.35. The van der Waals surface area contributed by atoms with Gasteiger partial charge in [-0.25, -0.2) is 4.39 Å². The van der Waals surface area contributed by atoms with E-state index in [4.69, 9.17) is 11.6 Å². The minimum absolute atomic E-state index is 0.0569. The molecule has 0 amide bonds. The molecule has 21 heavy (non-hydrogen) atoms. The van der Waals surface area contributed by atoms with Gasteiger partial charge in [0.2, 0.25) is 0 Å². The zero-order valence-electron chi connectivity index (χ0n) is 10.8. The van der Waals surface area contributed by atoms with Gasteiger partial charge in [0.25, 0.3) is 0 Å². The Balaban J connectivity index is 1.96. The molecule has 0 saturated heterocycles. The zero-order valence-corrected chi connectivity index (χ0v) is 11.5. The summed E-state index contributed by atoms with van der Waals surface area (Å²) in [5.74, 6) is -0.731. The Hall–Kier alpha value is -1.75. The van der Waals surface area contributed by atoms with E-state index in [0.717, 1.165) is 11.1 Å². The van der Waals surface area contributed by atoms with Crippen molar-refractivity contribution < 1.29 is 22.3 Å². The Labute approximate surface area is 124 Å². The van der Waals surface area contributed by atoms with Crippen molar-refractivity contribution >= 4 is 11.6 Å². The quantitative estimate of drug-likeness (QED) is 0.707. The molecule has 0 aliphatic heterocycles. The Kier molecular flexibility index (Phi) is 4.73. The summed E-state index contributed by atoms with van der Waals surface area (Å²) in [5.41, 5.74) is 1.71. The topological polar surface area (TPSA) is 9.23 Å². The highest BCUT2D eigenvalue weighted by Crippen LogP contribution is 2.23. The van der Waals surface area contributed by atoms with Gasteiger partial charge in [-0.2, -0.15) is 0 Å². The molecule has 0 radical (unpaired) electrons. The summed E-state index contributed by atoms with van der Waals surface area (Å²) in [6.45, 7) is 0. The molecule has 0 spiro atoms. The lowest BCUT2D eigenvalue weighted by atomic mass is 10.0. The third kappa shape index (κ3) is 4.93. The highest BCUT2D eigenvalue weighted by atomic mass is 35.5. The van der Waals surface area contributed by atoms with Crippen molar-refractivity contribution in [1.29, 1.82) is 0 Å². The first kappa shape index (κ1) is 15.6. The molecule has 0 heterocycles. The molecule has 6 heteroatoms. The fourth-order valence-electron chi connectivity index (χ4n) is 1.84. The molecule has 1 nitrogen and oxygen atoms in total. The van der Waals surface area contributed by atoms with Gasteiger partial charge in [-0.1, -0.05) is 29.8 Å². The number of rotatable bonds is 4. The number of aryl methyl sites for hydroxylation is 2. The molecule has 0 aliphatic carbocycles. The van der Waals surface area contributed by atoms with Crippen LogP contribution < -0.4 is 4.74 Å². The Morgan fingerprint density at radius 1 is 0.905 bits per heavy atom. The second-order valence-corrected chi connectivity index (χ2v) is 4.85. The van der Waals surface area contributed by atoms with E-state index in [1.54, 1.807) is 18.2 Å². The monoisotopic (exact) mass is 318 g/mol. The average Bonchev–Trinajstić information content (AvgIpc) is 2.40. The maximum absolute atomic E-state index is 13.0. The van der Waals surface area contributed by atoms with Gasteiger partial charge >= 0.3 is 6.36 Å². The smallest absolute Gasteiger partial charge is 0.406 e. The van der Waals surface area contributed by atoms with Crippen LogP contribution in [-0.4, -0.2) is 6.36 Å². The molecular formula is C15H11ClF4O. The molecule has 2 rings (SSSR count). The number of ether oxygens (including phenoxy) is 1. The van der Waals surface area contributed by atoms with Gasteiger partial charge in [-0.05, 0) is 48.2 Å². The fourth-order valence-corrected chi connectivity index (χ4v) is 2.04. The molecule has 0 unspecified atom stereocenters. The highest BCUT2D eigenvalue weighted by Gasteiger charge is 2.30. The van der Waals surface area contributed by atoms with Gasteiger partial charge in [0, 0.05) is 0 Å². The number of halogens is 5. The lowest BCUT2D eigenvalue weighted by Gasteiger charge is -2.09. The van der Waals surface area contributed by atoms with E-state index in [1.807, 2.05) is 0 Å². The van der Waals surface area contributed by atoms with Gasteiger partial charge in [0.05, 0.1) is 5.02 Å². The first-order chi connectivity index (χ1) is 9.83. The van der Waals surface area contributed by atoms with Crippen molar-refractivity contribution in [2.24, 2.45) is 0 Å². The molecule has 0 atom stereocenters. The molecular weight excluding hydrogens is 308 g/mol. The maximum Gasteiger partial charge on any atom is 0.573 e. The van der Waals surface area contributed by atoms with E-state index in [-0.39, 0.29) is 10.8 Å². The molecule has 0 bridgehead atoms. The van der Waals surface area contributed by atoms with E-state index < -0.39 is 12.2 Å². The van der Waals surface area contributed by atoms with Crippen molar-refractivity contribution in [3.05, 3.63) is 64.4 Å². The minimum Gasteiger partial charge on any atom is -0.406 e. The number of benzene rings is 2. The average molecular weight is 319 g/mol. The van der Waals surface area contributed by atoms with Crippen LogP contribution in [0.5, 0.6) is 5.75 Å². The van der Waals surface area contributed by atoms with Crippen LogP contribution in [-0.2, 0) is 12.8 Å². The van der Waals surface area contributed by atoms with E-state index in [2.05, 4.69) is 4.74 Å². The summed E-state index contributed by atoms with van der Waals surface area (Å²) in [5, 5.41) is 0.0569. The normalized spacial score (nSPS) is 11.5. The molecule has 2 aromatic carbocycles. The number of alkyl halides is 3. The first-order valence-electron chi connectivity index (χ1n) is 6.12. The largest absolute Gasteiger partial charge is 0.573 e. The Morgan fingerprint density at radius 3 is 2.05 bits per heavy atom. The molecule has 0 fully saturated rings. The third-order valence-corrected chi connectivity index (χ3v) is 3.13. The fraction of sp³-hybridized carbons (Fsp3) is 0.200. The van der Waals surface area contributed by atoms with Gasteiger partial charge in [0.1, 0.15) is 11.6 Å². The molecule has 112 valence electrons. The summed E-state index contributed by atoms with van der Waals surface area (Å²) in [6.07, 6.45) is -3.47. The second-order valence-electron chi connectivity index (χ2n) is 4.44. The van der Waals surface area contributed by atoms with Crippen molar-refractivity contribution in [3.8, 4) is 5.75 Å². The summed E-state index contributed by atoms with van der Waals surface area (Å²) < 4.78 is 52.8. The number of hydrogen-bond donors (Lipinski definition) is 0. The Morgan fingerprint density at radius 2 is 1.48 bits per heavy atom. The van der Waals surface area contributed by atoms with Crippen LogP contribution in [0.1, 0.15) is 11.1 Å². The molecule has 2 aromatic rings. The highest BCUT2D eigenvalue weighted by molar-refractivity contribution is 6.30. The van der Waals surface area contributed by atoms with Crippen LogP contribution >= 0.6 is 11.6 Å². The standard InChI is InChI=1S/C15H11ClF4O/c16-13-9-11(5-8-14(13)17)2-1-10-3-6-12(7-4-10)21-15(18,19)20/h3-9H,1-2H2. The zero-order chi connectivity index (χ0) is 15.5. The van der Waals surface area contributed by atoms with Crippen LogP contribution in [0, 0.1) is 5.82 Å². The first-order valence-corrected chi connectivity index (χ1v) is 6.50. The van der Waals surface area contributed by atoms with Crippen molar-refractivity contribution in [3.63, 3.8) is 0 Å². The molecule has 0 N–H and O–H groups in total. The van der Waals surface area contributed by atoms with Crippen LogP contribution in [0.3, 0.4) is 0 Å². The number of hydrogen-bond acceptors (Lipinski definition) is 1. The summed E-state index contributed by atoms with van der Waals surface area (Å²) in [4.78, 5) is 0. The summed E-state index contributed by atoms with van der Waals surface area (Å²) >= 11 is 5.68. The maximum atomic E-state index is 13.0. The van der Waals surface area contributed by atoms with Gasteiger partial charge in [-0.15, -0.1) is 13.2 Å². The lowest BCUT2D eigenvalue weighted by Crippen LogP contribution is -2.17. The molecule has 0 aromatic heterocycles. The van der Waals surface area contributed by atoms with Crippen molar-refractivity contribution in [1.82, 2.24) is 0 Å². The van der Waals surface area contributed by atoms with E-state index in [0.29, 0.717) is 12.8 Å². The van der Waals surface area contributed by atoms with E-state index in [9.17, 15) is 17.6 Å². The SMILES string of the molecule is Fc1ccc(CCc2ccc(OC(F)(F)F)cc2)cc1Cl. The molecule has 0 aliphatic rings. The van der Waals surface area contributed by atoms with Crippen LogP contribution in [0.15, 0.2) is 42.5 Å². The lowest BCUT2D eigenvalue weighted by molar-refractivity contribution is -0.274. The predicted octanol–water partition coefficient (Wildman–Crippen LogP) is 5.16. The predicted molar refractivity (Wildman–Crippen MR) is 71.9 cm³/mol. The van der Waals surface area contributed by atoms with Crippen molar-refractivity contribution in [2.45, 2.75) is 19.2 Å². The van der Waals surface area contributed by atoms with Crippen LogP contribution in [0.4, 0.5) is 17.6 Å². The van der Waals surface area contributed by atoms with Crippen LogP contribution in [0.2, 0.25) is 5.02 Å². The third-order valence-electron chi connectivity index (χ3n) is 2.84. The minimum atomic E-state index is -4.69. The van der Waals surface area contributed by atoms with E-state index >= 15 is 0 Å².